The Morgan fingerprint density at radius 2 is 0.925 bits per heavy atom. The quantitative estimate of drug-likeness (QED) is 0.177. The van der Waals surface area contributed by atoms with Crippen LogP contribution >= 0.6 is 11.3 Å². The Hall–Kier alpha value is -8.71. The highest BCUT2D eigenvalue weighted by atomic mass is 32.1. The van der Waals surface area contributed by atoms with Gasteiger partial charge < -0.3 is 8.98 Å². The number of para-hydroxylation sites is 1. The van der Waals surface area contributed by atoms with E-state index in [1.165, 1.54) is 36.3 Å². The van der Waals surface area contributed by atoms with Crippen LogP contribution in [0, 0.1) is 0 Å². The molecule has 0 N–H and O–H groups in total. The van der Waals surface area contributed by atoms with E-state index in [9.17, 15) is 0 Å². The Kier molecular flexibility index (Phi) is 7.59. The van der Waals surface area contributed by atoms with Crippen molar-refractivity contribution in [3.05, 3.63) is 206 Å². The maximum atomic E-state index is 7.00. The van der Waals surface area contributed by atoms with Crippen LogP contribution in [0.4, 0.5) is 0 Å². The summed E-state index contributed by atoms with van der Waals surface area (Å²) in [6, 6.07) is 73.8. The Labute approximate surface area is 386 Å². The lowest BCUT2D eigenvalue weighted by Gasteiger charge is -2.19. The van der Waals surface area contributed by atoms with Crippen LogP contribution in [-0.2, 0) is 0 Å². The first kappa shape index (κ1) is 36.6. The van der Waals surface area contributed by atoms with Gasteiger partial charge in [-0.1, -0.05) is 158 Å². The molecular formula is C61H34N4OS. The van der Waals surface area contributed by atoms with Gasteiger partial charge in [-0.2, -0.15) is 0 Å². The molecule has 0 spiro atoms. The van der Waals surface area contributed by atoms with Gasteiger partial charge in [0.2, 0.25) is 0 Å². The third kappa shape index (κ3) is 5.39. The molecule has 15 aromatic rings. The Morgan fingerprint density at radius 1 is 0.373 bits per heavy atom. The van der Waals surface area contributed by atoms with E-state index in [2.05, 4.69) is 211 Å². The standard InChI is InChI=1S/C61H34N4OS/c1-2-15-36-30-41(29-28-35(36)14-1)59-62-60(46-24-13-27-53-54(46)45-23-10-12-26-52(45)67-53)64-61(63-59)56-42-20-7-8-21-43(42)58-55(44-22-9-11-25-51(44)66-58)57(56)65-49-33-39-18-5-3-16-37(39)31-47(49)48-32-38-17-4-6-19-40(38)34-50(48)65/h1-34H. The molecule has 0 aliphatic carbocycles. The number of rotatable bonds is 4. The molecule has 0 fully saturated rings. The molecule has 0 aliphatic rings. The molecule has 0 amide bonds. The normalized spacial score (nSPS) is 12.2. The fourth-order valence-corrected chi connectivity index (χ4v) is 11.9. The predicted octanol–water partition coefficient (Wildman–Crippen LogP) is 16.8. The lowest BCUT2D eigenvalue weighted by molar-refractivity contribution is 0.672. The first-order chi connectivity index (χ1) is 33.2. The van der Waals surface area contributed by atoms with Gasteiger partial charge in [-0.25, -0.2) is 15.0 Å². The second-order valence-electron chi connectivity index (χ2n) is 17.5. The third-order valence-corrected chi connectivity index (χ3v) is 14.9. The summed E-state index contributed by atoms with van der Waals surface area (Å²) in [5.74, 6) is 1.81. The summed E-state index contributed by atoms with van der Waals surface area (Å²) in [7, 11) is 0. The van der Waals surface area contributed by atoms with Crippen LogP contribution in [0.2, 0.25) is 0 Å². The maximum Gasteiger partial charge on any atom is 0.166 e. The van der Waals surface area contributed by atoms with Crippen LogP contribution in [0.25, 0.3) is 147 Å². The Bertz CT molecular complexity index is 4500. The van der Waals surface area contributed by atoms with Gasteiger partial charge in [-0.15, -0.1) is 11.3 Å². The van der Waals surface area contributed by atoms with E-state index in [4.69, 9.17) is 19.4 Å². The van der Waals surface area contributed by atoms with Gasteiger partial charge in [-0.05, 0) is 86.2 Å². The van der Waals surface area contributed by atoms with Crippen molar-refractivity contribution in [3.63, 3.8) is 0 Å². The average Bonchev–Trinajstić information content (AvgIpc) is 4.06. The van der Waals surface area contributed by atoms with Crippen molar-refractivity contribution < 1.29 is 4.42 Å². The zero-order valence-corrected chi connectivity index (χ0v) is 36.6. The molecule has 5 nitrogen and oxygen atoms in total. The van der Waals surface area contributed by atoms with Crippen molar-refractivity contribution in [3.8, 4) is 39.9 Å². The number of thiophene rings is 1. The van der Waals surface area contributed by atoms with Crippen LogP contribution in [0.1, 0.15) is 0 Å². The zero-order chi connectivity index (χ0) is 43.7. The molecule has 4 heterocycles. The summed E-state index contributed by atoms with van der Waals surface area (Å²) in [6.07, 6.45) is 0. The summed E-state index contributed by atoms with van der Waals surface area (Å²) < 4.78 is 11.9. The minimum absolute atomic E-state index is 0.583. The molecule has 15 rings (SSSR count). The van der Waals surface area contributed by atoms with E-state index >= 15 is 0 Å². The van der Waals surface area contributed by atoms with Crippen LogP contribution in [0.5, 0.6) is 0 Å². The third-order valence-electron chi connectivity index (χ3n) is 13.7. The SMILES string of the molecule is c1ccc2cc(-c3nc(-c4c(-n5c6cc7ccccc7cc6c6cc7ccccc7cc65)c5c6ccccc6oc5c5ccccc45)nc(-c4cccc5sc6ccccc6c45)n3)ccc2c1. The molecule has 11 aromatic carbocycles. The van der Waals surface area contributed by atoms with E-state index in [0.29, 0.717) is 17.5 Å². The molecule has 0 saturated heterocycles. The van der Waals surface area contributed by atoms with E-state index in [0.717, 1.165) is 93.1 Å². The molecular weight excluding hydrogens is 837 g/mol. The van der Waals surface area contributed by atoms with Crippen molar-refractivity contribution in [1.29, 1.82) is 0 Å². The molecule has 0 aliphatic heterocycles. The molecule has 0 bridgehead atoms. The fraction of sp³-hybridized carbons (Fsp3) is 0. The van der Waals surface area contributed by atoms with Gasteiger partial charge in [0.1, 0.15) is 11.2 Å². The topological polar surface area (TPSA) is 56.7 Å². The number of fused-ring (bicyclic) bond motifs is 14. The van der Waals surface area contributed by atoms with Crippen molar-refractivity contribution in [2.45, 2.75) is 0 Å². The number of hydrogen-bond acceptors (Lipinski definition) is 5. The minimum Gasteiger partial charge on any atom is -0.455 e. The van der Waals surface area contributed by atoms with Crippen LogP contribution in [-0.4, -0.2) is 19.5 Å². The molecule has 0 saturated carbocycles. The van der Waals surface area contributed by atoms with E-state index < -0.39 is 0 Å². The van der Waals surface area contributed by atoms with Crippen LogP contribution < -0.4 is 0 Å². The summed E-state index contributed by atoms with van der Waals surface area (Å²) in [6.45, 7) is 0. The lowest BCUT2D eigenvalue weighted by Crippen LogP contribution is -2.05. The molecule has 0 radical (unpaired) electrons. The van der Waals surface area contributed by atoms with Crippen molar-refractivity contribution in [1.82, 2.24) is 19.5 Å². The Morgan fingerprint density at radius 3 is 1.66 bits per heavy atom. The molecule has 67 heavy (non-hydrogen) atoms. The number of aromatic nitrogens is 4. The van der Waals surface area contributed by atoms with Gasteiger partial charge in [0.05, 0.1) is 27.7 Å². The first-order valence-corrected chi connectivity index (χ1v) is 23.4. The number of hydrogen-bond donors (Lipinski definition) is 0. The van der Waals surface area contributed by atoms with E-state index in [1.54, 1.807) is 11.3 Å². The molecule has 0 atom stereocenters. The highest BCUT2D eigenvalue weighted by molar-refractivity contribution is 7.25. The lowest BCUT2D eigenvalue weighted by atomic mass is 9.96. The average molecular weight is 871 g/mol. The number of furan rings is 1. The van der Waals surface area contributed by atoms with Crippen molar-refractivity contribution in [2.75, 3.05) is 0 Å². The van der Waals surface area contributed by atoms with Gasteiger partial charge >= 0.3 is 0 Å². The number of benzene rings is 11. The number of nitrogens with zero attached hydrogens (tertiary/aromatic N) is 4. The maximum absolute atomic E-state index is 7.00. The van der Waals surface area contributed by atoms with Gasteiger partial charge in [0, 0.05) is 52.8 Å². The molecule has 6 heteroatoms. The van der Waals surface area contributed by atoms with Gasteiger partial charge in [0.15, 0.2) is 17.5 Å². The highest BCUT2D eigenvalue weighted by Gasteiger charge is 2.28. The Balaban J connectivity index is 1.16. The first-order valence-electron chi connectivity index (χ1n) is 22.6. The zero-order valence-electron chi connectivity index (χ0n) is 35.7. The monoisotopic (exact) mass is 870 g/mol. The summed E-state index contributed by atoms with van der Waals surface area (Å²) in [5.41, 5.74) is 7.58. The summed E-state index contributed by atoms with van der Waals surface area (Å²) >= 11 is 1.80. The molecule has 310 valence electrons. The predicted molar refractivity (Wildman–Crippen MR) is 281 cm³/mol. The largest absolute Gasteiger partial charge is 0.455 e. The summed E-state index contributed by atoms with van der Waals surface area (Å²) in [4.78, 5) is 16.8. The van der Waals surface area contributed by atoms with Gasteiger partial charge in [-0.3, -0.25) is 0 Å². The van der Waals surface area contributed by atoms with Crippen LogP contribution in [0.15, 0.2) is 211 Å². The second kappa shape index (κ2) is 13.9. The van der Waals surface area contributed by atoms with Crippen molar-refractivity contribution in [2.24, 2.45) is 0 Å². The second-order valence-corrected chi connectivity index (χ2v) is 18.6. The van der Waals surface area contributed by atoms with E-state index in [-0.39, 0.29) is 0 Å². The molecule has 0 unspecified atom stereocenters. The van der Waals surface area contributed by atoms with E-state index in [1.807, 2.05) is 0 Å². The smallest absolute Gasteiger partial charge is 0.166 e. The fourth-order valence-electron chi connectivity index (χ4n) is 10.7. The highest BCUT2D eigenvalue weighted by Crippen LogP contribution is 2.49. The van der Waals surface area contributed by atoms with Gasteiger partial charge in [0.25, 0.3) is 0 Å². The summed E-state index contributed by atoms with van der Waals surface area (Å²) in [5, 5.41) is 15.7. The minimum atomic E-state index is 0.583. The van der Waals surface area contributed by atoms with Crippen LogP contribution in [0.3, 0.4) is 0 Å². The van der Waals surface area contributed by atoms with Crippen molar-refractivity contribution >= 4 is 118 Å². The molecule has 4 aromatic heterocycles.